The van der Waals surface area contributed by atoms with Gasteiger partial charge in [-0.15, -0.1) is 0 Å². The summed E-state index contributed by atoms with van der Waals surface area (Å²) in [4.78, 5) is 27.4. The van der Waals surface area contributed by atoms with Gasteiger partial charge >= 0.3 is 0 Å². The number of aromatic amines is 1. The molecule has 0 fully saturated rings. The summed E-state index contributed by atoms with van der Waals surface area (Å²) in [5.41, 5.74) is 4.53. The molecule has 0 aliphatic heterocycles. The van der Waals surface area contributed by atoms with Gasteiger partial charge in [-0.2, -0.15) is 0 Å². The van der Waals surface area contributed by atoms with Crippen molar-refractivity contribution in [1.82, 2.24) is 10.3 Å². The second-order valence-corrected chi connectivity index (χ2v) is 6.72. The molecule has 0 saturated carbocycles. The number of aryl methyl sites for hydroxylation is 3. The highest BCUT2D eigenvalue weighted by Crippen LogP contribution is 2.19. The molecule has 0 unspecified atom stereocenters. The zero-order valence-corrected chi connectivity index (χ0v) is 15.9. The maximum atomic E-state index is 12.3. The fraction of sp³-hybridized carbons (Fsp3) is 0.273. The quantitative estimate of drug-likeness (QED) is 0.704. The van der Waals surface area contributed by atoms with Crippen LogP contribution < -0.4 is 15.6 Å². The second kappa shape index (κ2) is 8.08. The average molecular weight is 364 g/mol. The van der Waals surface area contributed by atoms with Crippen LogP contribution >= 0.6 is 0 Å². The number of hydrogen-bond donors (Lipinski definition) is 2. The van der Waals surface area contributed by atoms with Crippen LogP contribution in [0.5, 0.6) is 5.75 Å². The lowest BCUT2D eigenvalue weighted by atomic mass is 10.0. The molecule has 3 rings (SSSR count). The Morgan fingerprint density at radius 1 is 1.11 bits per heavy atom. The van der Waals surface area contributed by atoms with E-state index in [1.165, 1.54) is 0 Å². The number of amides is 1. The van der Waals surface area contributed by atoms with Crippen molar-refractivity contribution in [2.24, 2.45) is 0 Å². The Balaban J connectivity index is 1.62. The molecule has 0 saturated heterocycles. The molecule has 0 bridgehead atoms. The Labute approximate surface area is 158 Å². The summed E-state index contributed by atoms with van der Waals surface area (Å²) in [5.74, 6) is 0.717. The van der Waals surface area contributed by atoms with Crippen molar-refractivity contribution in [2.45, 2.75) is 33.2 Å². The van der Waals surface area contributed by atoms with E-state index in [1.807, 2.05) is 56.3 Å². The van der Waals surface area contributed by atoms with Gasteiger partial charge in [0.15, 0.2) is 0 Å². The van der Waals surface area contributed by atoms with Crippen molar-refractivity contribution in [1.29, 1.82) is 0 Å². The highest BCUT2D eigenvalue weighted by molar-refractivity contribution is 5.83. The molecule has 0 spiro atoms. The summed E-state index contributed by atoms with van der Waals surface area (Å²) in [6, 6.07) is 13.5. The second-order valence-electron chi connectivity index (χ2n) is 6.72. The third kappa shape index (κ3) is 4.37. The number of aromatic nitrogens is 1. The first-order valence-corrected chi connectivity index (χ1v) is 8.99. The van der Waals surface area contributed by atoms with Gasteiger partial charge in [0.25, 0.3) is 5.56 Å². The number of carbonyl (C=O) groups excluding carboxylic acids is 1. The largest absolute Gasteiger partial charge is 0.497 e. The molecular formula is C22H24N2O3. The first kappa shape index (κ1) is 18.7. The van der Waals surface area contributed by atoms with E-state index < -0.39 is 0 Å². The summed E-state index contributed by atoms with van der Waals surface area (Å²) in [5, 5.41) is 3.81. The summed E-state index contributed by atoms with van der Waals surface area (Å²) in [6.07, 6.45) is 1.01. The monoisotopic (exact) mass is 364 g/mol. The van der Waals surface area contributed by atoms with E-state index in [9.17, 15) is 9.59 Å². The molecule has 0 aliphatic carbocycles. The number of hydrogen-bond acceptors (Lipinski definition) is 3. The predicted octanol–water partition coefficient (Wildman–Crippen LogP) is 3.40. The van der Waals surface area contributed by atoms with Gasteiger partial charge in [-0.05, 0) is 60.5 Å². The van der Waals surface area contributed by atoms with E-state index in [4.69, 9.17) is 4.74 Å². The van der Waals surface area contributed by atoms with Crippen molar-refractivity contribution in [3.63, 3.8) is 0 Å². The van der Waals surface area contributed by atoms with Gasteiger partial charge < -0.3 is 15.0 Å². The molecule has 0 atom stereocenters. The maximum Gasteiger partial charge on any atom is 0.253 e. The average Bonchev–Trinajstić information content (AvgIpc) is 2.68. The van der Waals surface area contributed by atoms with E-state index in [1.54, 1.807) is 7.11 Å². The van der Waals surface area contributed by atoms with Crippen LogP contribution in [0.3, 0.4) is 0 Å². The van der Waals surface area contributed by atoms with E-state index >= 15 is 0 Å². The topological polar surface area (TPSA) is 71.2 Å². The third-order valence-corrected chi connectivity index (χ3v) is 4.90. The normalized spacial score (nSPS) is 10.8. The standard InChI is InChI=1S/C22H24N2O3/c1-14-4-8-17-12-18(22(26)24-21(17)15(14)2)13-23-20(25)11-7-16-5-9-19(27-3)10-6-16/h4-6,8-10,12H,7,11,13H2,1-3H3,(H,23,25)(H,24,26). The number of benzene rings is 2. The smallest absolute Gasteiger partial charge is 0.253 e. The summed E-state index contributed by atoms with van der Waals surface area (Å²) < 4.78 is 5.13. The molecule has 2 aromatic carbocycles. The maximum absolute atomic E-state index is 12.3. The van der Waals surface area contributed by atoms with Crippen molar-refractivity contribution in [3.8, 4) is 5.75 Å². The molecule has 140 valence electrons. The summed E-state index contributed by atoms with van der Waals surface area (Å²) in [7, 11) is 1.62. The molecular weight excluding hydrogens is 340 g/mol. The number of pyridine rings is 1. The minimum Gasteiger partial charge on any atom is -0.497 e. The molecule has 5 heteroatoms. The third-order valence-electron chi connectivity index (χ3n) is 4.90. The zero-order valence-electron chi connectivity index (χ0n) is 15.9. The van der Waals surface area contributed by atoms with Gasteiger partial charge in [-0.3, -0.25) is 9.59 Å². The molecule has 3 aromatic rings. The van der Waals surface area contributed by atoms with Gasteiger partial charge in [0, 0.05) is 18.5 Å². The Morgan fingerprint density at radius 3 is 2.56 bits per heavy atom. The number of H-pyrrole nitrogens is 1. The number of methoxy groups -OCH3 is 1. The van der Waals surface area contributed by atoms with Crippen LogP contribution in [-0.2, 0) is 17.8 Å². The summed E-state index contributed by atoms with van der Waals surface area (Å²) >= 11 is 0. The van der Waals surface area contributed by atoms with E-state index in [-0.39, 0.29) is 18.0 Å². The Bertz CT molecular complexity index is 1020. The molecule has 2 N–H and O–H groups in total. The highest BCUT2D eigenvalue weighted by Gasteiger charge is 2.08. The van der Waals surface area contributed by atoms with Crippen LogP contribution in [0.1, 0.15) is 28.7 Å². The van der Waals surface area contributed by atoms with Gasteiger partial charge in [0.2, 0.25) is 5.91 Å². The van der Waals surface area contributed by atoms with E-state index in [2.05, 4.69) is 10.3 Å². The van der Waals surface area contributed by atoms with Crippen molar-refractivity contribution in [2.75, 3.05) is 7.11 Å². The van der Waals surface area contributed by atoms with Gasteiger partial charge in [-0.1, -0.05) is 24.3 Å². The van der Waals surface area contributed by atoms with Gasteiger partial charge in [-0.25, -0.2) is 0 Å². The molecule has 1 aromatic heterocycles. The van der Waals surface area contributed by atoms with Crippen LogP contribution in [-0.4, -0.2) is 18.0 Å². The van der Waals surface area contributed by atoms with Crippen molar-refractivity contribution < 1.29 is 9.53 Å². The molecule has 0 aliphatic rings. The fourth-order valence-electron chi connectivity index (χ4n) is 3.03. The number of nitrogens with one attached hydrogen (secondary N) is 2. The minimum absolute atomic E-state index is 0.0783. The number of ether oxygens (including phenoxy) is 1. The first-order chi connectivity index (χ1) is 13.0. The van der Waals surface area contributed by atoms with Crippen LogP contribution in [0.4, 0.5) is 0 Å². The molecule has 5 nitrogen and oxygen atoms in total. The lowest BCUT2D eigenvalue weighted by Crippen LogP contribution is -2.27. The first-order valence-electron chi connectivity index (χ1n) is 8.99. The van der Waals surface area contributed by atoms with Crippen molar-refractivity contribution in [3.05, 3.63) is 75.1 Å². The van der Waals surface area contributed by atoms with Gasteiger partial charge in [0.05, 0.1) is 12.6 Å². The minimum atomic E-state index is -0.161. The fourth-order valence-corrected chi connectivity index (χ4v) is 3.03. The van der Waals surface area contributed by atoms with E-state index in [0.29, 0.717) is 18.4 Å². The van der Waals surface area contributed by atoms with Crippen molar-refractivity contribution >= 4 is 16.8 Å². The van der Waals surface area contributed by atoms with Crippen LogP contribution in [0.2, 0.25) is 0 Å². The Hall–Kier alpha value is -3.08. The Kier molecular flexibility index (Phi) is 5.60. The van der Waals surface area contributed by atoms with Crippen LogP contribution in [0.15, 0.2) is 47.3 Å². The molecule has 1 heterocycles. The highest BCUT2D eigenvalue weighted by atomic mass is 16.5. The predicted molar refractivity (Wildman–Crippen MR) is 107 cm³/mol. The zero-order chi connectivity index (χ0) is 19.4. The Morgan fingerprint density at radius 2 is 1.85 bits per heavy atom. The van der Waals surface area contributed by atoms with Crippen LogP contribution in [0, 0.1) is 13.8 Å². The molecule has 1 amide bonds. The van der Waals surface area contributed by atoms with E-state index in [0.717, 1.165) is 33.3 Å². The lowest BCUT2D eigenvalue weighted by Gasteiger charge is -2.09. The van der Waals surface area contributed by atoms with Crippen LogP contribution in [0.25, 0.3) is 10.9 Å². The van der Waals surface area contributed by atoms with Gasteiger partial charge in [0.1, 0.15) is 5.75 Å². The summed E-state index contributed by atoms with van der Waals surface area (Å²) in [6.45, 7) is 4.23. The number of carbonyl (C=O) groups is 1. The molecule has 27 heavy (non-hydrogen) atoms. The number of rotatable bonds is 6. The lowest BCUT2D eigenvalue weighted by molar-refractivity contribution is -0.121. The molecule has 0 radical (unpaired) electrons. The number of fused-ring (bicyclic) bond motifs is 1. The SMILES string of the molecule is COc1ccc(CCC(=O)NCc2cc3ccc(C)c(C)c3[nH]c2=O)cc1.